The van der Waals surface area contributed by atoms with Crippen LogP contribution in [-0.4, -0.2) is 16.9 Å². The predicted octanol–water partition coefficient (Wildman–Crippen LogP) is 4.96. The molecule has 1 aliphatic rings. The second-order valence-corrected chi connectivity index (χ2v) is 7.24. The van der Waals surface area contributed by atoms with Crippen molar-refractivity contribution in [2.24, 2.45) is 0 Å². The fourth-order valence-corrected chi connectivity index (χ4v) is 3.31. The lowest BCUT2D eigenvalue weighted by molar-refractivity contribution is -0.122. The molecule has 5 nitrogen and oxygen atoms in total. The molecular formula is C23H15ClN2O3S. The molecule has 0 radical (unpaired) electrons. The highest BCUT2D eigenvalue weighted by molar-refractivity contribution is 7.80. The van der Waals surface area contributed by atoms with Crippen molar-refractivity contribution in [1.82, 2.24) is 5.32 Å². The van der Waals surface area contributed by atoms with Gasteiger partial charge in [-0.25, -0.2) is 0 Å². The smallest absolute Gasteiger partial charge is 0.270 e. The van der Waals surface area contributed by atoms with Gasteiger partial charge in [-0.3, -0.25) is 19.8 Å². The molecule has 0 bridgehead atoms. The van der Waals surface area contributed by atoms with Crippen LogP contribution >= 0.6 is 23.8 Å². The number of hydrogen-bond acceptors (Lipinski definition) is 4. The van der Waals surface area contributed by atoms with Crippen LogP contribution in [0.25, 0.3) is 6.08 Å². The van der Waals surface area contributed by atoms with Crippen molar-refractivity contribution >= 4 is 52.5 Å². The molecule has 3 aromatic rings. The number of thiocarbonyl (C=S) groups is 1. The van der Waals surface area contributed by atoms with Gasteiger partial charge in [-0.15, -0.1) is 0 Å². The molecule has 1 fully saturated rings. The number of halogens is 1. The van der Waals surface area contributed by atoms with Gasteiger partial charge in [-0.2, -0.15) is 0 Å². The van der Waals surface area contributed by atoms with Crippen LogP contribution in [0.5, 0.6) is 11.5 Å². The summed E-state index contributed by atoms with van der Waals surface area (Å²) < 4.78 is 5.76. The van der Waals surface area contributed by atoms with Crippen LogP contribution in [0.4, 0.5) is 5.69 Å². The summed E-state index contributed by atoms with van der Waals surface area (Å²) in [6.07, 6.45) is 1.52. The second-order valence-electron chi connectivity index (χ2n) is 6.42. The molecule has 0 aliphatic carbocycles. The van der Waals surface area contributed by atoms with Gasteiger partial charge in [0.15, 0.2) is 5.11 Å². The third-order valence-corrected chi connectivity index (χ3v) is 4.89. The predicted molar refractivity (Wildman–Crippen MR) is 121 cm³/mol. The highest BCUT2D eigenvalue weighted by Crippen LogP contribution is 2.25. The van der Waals surface area contributed by atoms with E-state index in [1.54, 1.807) is 48.5 Å². The van der Waals surface area contributed by atoms with E-state index in [1.807, 2.05) is 30.3 Å². The second kappa shape index (κ2) is 8.49. The van der Waals surface area contributed by atoms with Gasteiger partial charge in [-0.05, 0) is 72.4 Å². The normalized spacial score (nSPS) is 15.3. The Labute approximate surface area is 183 Å². The SMILES string of the molecule is O=C1NC(=S)N(c2ccc(Cl)cc2)C(=O)C1=Cc1ccc(Oc2ccccc2)cc1. The maximum absolute atomic E-state index is 13.0. The summed E-state index contributed by atoms with van der Waals surface area (Å²) >= 11 is 11.1. The molecular weight excluding hydrogens is 420 g/mol. The molecule has 7 heteroatoms. The number of hydrogen-bond donors (Lipinski definition) is 1. The van der Waals surface area contributed by atoms with Gasteiger partial charge in [0.05, 0.1) is 5.69 Å². The highest BCUT2D eigenvalue weighted by Gasteiger charge is 2.34. The van der Waals surface area contributed by atoms with Gasteiger partial charge >= 0.3 is 0 Å². The summed E-state index contributed by atoms with van der Waals surface area (Å²) in [5.41, 5.74) is 1.18. The lowest BCUT2D eigenvalue weighted by atomic mass is 10.1. The minimum atomic E-state index is -0.542. The van der Waals surface area contributed by atoms with E-state index in [9.17, 15) is 9.59 Å². The number of benzene rings is 3. The van der Waals surface area contributed by atoms with Crippen molar-refractivity contribution in [2.45, 2.75) is 0 Å². The number of ether oxygens (including phenoxy) is 1. The molecule has 3 aromatic carbocycles. The van der Waals surface area contributed by atoms with Crippen LogP contribution in [0.1, 0.15) is 5.56 Å². The summed E-state index contributed by atoms with van der Waals surface area (Å²) in [7, 11) is 0. The minimum Gasteiger partial charge on any atom is -0.457 e. The van der Waals surface area contributed by atoms with E-state index in [4.69, 9.17) is 28.6 Å². The summed E-state index contributed by atoms with van der Waals surface area (Å²) in [5, 5.41) is 3.12. The van der Waals surface area contributed by atoms with Crippen molar-refractivity contribution in [1.29, 1.82) is 0 Å². The summed E-state index contributed by atoms with van der Waals surface area (Å²) in [6, 6.07) is 23.1. The van der Waals surface area contributed by atoms with Crippen molar-refractivity contribution in [3.05, 3.63) is 95.0 Å². The van der Waals surface area contributed by atoms with Gasteiger partial charge in [0, 0.05) is 5.02 Å². The minimum absolute atomic E-state index is 0.0183. The Hall–Kier alpha value is -3.48. The molecule has 1 heterocycles. The van der Waals surface area contributed by atoms with Crippen molar-refractivity contribution in [3.8, 4) is 11.5 Å². The first-order chi connectivity index (χ1) is 14.5. The molecule has 1 N–H and O–H groups in total. The Morgan fingerprint density at radius 1 is 0.867 bits per heavy atom. The average Bonchev–Trinajstić information content (AvgIpc) is 2.74. The molecule has 4 rings (SSSR count). The van der Waals surface area contributed by atoms with E-state index in [2.05, 4.69) is 5.32 Å². The zero-order valence-corrected chi connectivity index (χ0v) is 17.1. The molecule has 0 unspecified atom stereocenters. The molecule has 0 spiro atoms. The highest BCUT2D eigenvalue weighted by atomic mass is 35.5. The molecule has 0 atom stereocenters. The molecule has 1 aliphatic heterocycles. The van der Waals surface area contributed by atoms with Gasteiger partial charge in [-0.1, -0.05) is 41.9 Å². The van der Waals surface area contributed by atoms with Crippen LogP contribution in [0, 0.1) is 0 Å². The first-order valence-corrected chi connectivity index (χ1v) is 9.80. The van der Waals surface area contributed by atoms with E-state index in [0.717, 1.165) is 5.75 Å². The number of amides is 2. The van der Waals surface area contributed by atoms with E-state index in [-0.39, 0.29) is 10.7 Å². The quantitative estimate of drug-likeness (QED) is 0.358. The Morgan fingerprint density at radius 3 is 2.17 bits per heavy atom. The number of nitrogens with zero attached hydrogens (tertiary/aromatic N) is 1. The lowest BCUT2D eigenvalue weighted by Crippen LogP contribution is -2.54. The van der Waals surface area contributed by atoms with Crippen molar-refractivity contribution in [2.75, 3.05) is 4.90 Å². The average molecular weight is 435 g/mol. The largest absolute Gasteiger partial charge is 0.457 e. The maximum atomic E-state index is 13.0. The topological polar surface area (TPSA) is 58.6 Å². The summed E-state index contributed by atoms with van der Waals surface area (Å²) in [6.45, 7) is 0. The third-order valence-electron chi connectivity index (χ3n) is 4.36. The Kier molecular flexibility index (Phi) is 5.61. The van der Waals surface area contributed by atoms with Gasteiger partial charge in [0.1, 0.15) is 17.1 Å². The Morgan fingerprint density at radius 2 is 1.50 bits per heavy atom. The van der Waals surface area contributed by atoms with Crippen LogP contribution in [0.2, 0.25) is 5.02 Å². The molecule has 30 heavy (non-hydrogen) atoms. The maximum Gasteiger partial charge on any atom is 0.270 e. The number of para-hydroxylation sites is 1. The first-order valence-electron chi connectivity index (χ1n) is 9.01. The fourth-order valence-electron chi connectivity index (χ4n) is 2.91. The number of carbonyl (C=O) groups is 2. The van der Waals surface area contributed by atoms with E-state index in [0.29, 0.717) is 22.0 Å². The van der Waals surface area contributed by atoms with Gasteiger partial charge in [0.2, 0.25) is 0 Å². The Balaban J connectivity index is 1.58. The molecule has 2 amide bonds. The van der Waals surface area contributed by atoms with Crippen LogP contribution in [0.3, 0.4) is 0 Å². The fraction of sp³-hybridized carbons (Fsp3) is 0. The number of carbonyl (C=O) groups excluding carboxylic acids is 2. The number of rotatable bonds is 4. The van der Waals surface area contributed by atoms with Gasteiger partial charge in [0.25, 0.3) is 11.8 Å². The molecule has 1 saturated heterocycles. The zero-order chi connectivity index (χ0) is 21.1. The van der Waals surface area contributed by atoms with Crippen molar-refractivity contribution < 1.29 is 14.3 Å². The lowest BCUT2D eigenvalue weighted by Gasteiger charge is -2.28. The number of nitrogens with one attached hydrogen (secondary N) is 1. The monoisotopic (exact) mass is 434 g/mol. The molecule has 0 saturated carbocycles. The molecule has 148 valence electrons. The van der Waals surface area contributed by atoms with Crippen LogP contribution < -0.4 is 15.0 Å². The Bertz CT molecular complexity index is 1140. The van der Waals surface area contributed by atoms with Crippen molar-refractivity contribution in [3.63, 3.8) is 0 Å². The standard InChI is InChI=1S/C23H15ClN2O3S/c24-16-8-10-17(11-9-16)26-22(28)20(21(27)25-23(26)30)14-15-6-12-19(13-7-15)29-18-4-2-1-3-5-18/h1-14H,(H,25,27,30). The van der Waals surface area contributed by atoms with E-state index < -0.39 is 11.8 Å². The molecule has 0 aromatic heterocycles. The summed E-state index contributed by atoms with van der Waals surface area (Å²) in [5.74, 6) is 0.319. The zero-order valence-electron chi connectivity index (χ0n) is 15.5. The third kappa shape index (κ3) is 4.25. The van der Waals surface area contributed by atoms with Crippen LogP contribution in [0.15, 0.2) is 84.4 Å². The number of anilines is 1. The summed E-state index contributed by atoms with van der Waals surface area (Å²) in [4.78, 5) is 26.7. The first kappa shape index (κ1) is 19.8. The van der Waals surface area contributed by atoms with E-state index >= 15 is 0 Å². The van der Waals surface area contributed by atoms with E-state index in [1.165, 1.54) is 11.0 Å². The van der Waals surface area contributed by atoms with Crippen LogP contribution in [-0.2, 0) is 9.59 Å². The van der Waals surface area contributed by atoms with Gasteiger partial charge < -0.3 is 4.74 Å².